The number of aromatic carboxylic acids is 1. The monoisotopic (exact) mass is 347 g/mol. The molecule has 1 atom stereocenters. The molecule has 0 aliphatic rings. The van der Waals surface area contributed by atoms with Crippen LogP contribution >= 0.6 is 0 Å². The molecule has 0 aliphatic heterocycles. The minimum Gasteiger partial charge on any atom is -0.482 e. The normalized spacial score (nSPS) is 11.8. The van der Waals surface area contributed by atoms with Gasteiger partial charge in [-0.1, -0.05) is 19.4 Å². The van der Waals surface area contributed by atoms with Crippen LogP contribution in [-0.2, 0) is 6.61 Å². The summed E-state index contributed by atoms with van der Waals surface area (Å²) in [5.74, 6) is -0.319. The Hall–Kier alpha value is -2.94. The lowest BCUT2D eigenvalue weighted by Gasteiger charge is -2.18. The molecule has 0 unspecified atom stereocenters. The number of nitrogens with zero attached hydrogens (tertiary/aromatic N) is 3. The summed E-state index contributed by atoms with van der Waals surface area (Å²) in [7, 11) is 0. The number of ether oxygens (including phenoxy) is 1. The SMILES string of the molecule is CCC[C@@H](CO)Nc1nc(N)ncc1OCc1cccc(C(=O)O)n1. The number of pyridine rings is 1. The van der Waals surface area contributed by atoms with Crippen LogP contribution in [0, 0.1) is 0 Å². The molecule has 5 N–H and O–H groups in total. The first-order valence-electron chi connectivity index (χ1n) is 7.85. The zero-order chi connectivity index (χ0) is 18.2. The first-order valence-corrected chi connectivity index (χ1v) is 7.85. The second-order valence-electron chi connectivity index (χ2n) is 5.36. The third kappa shape index (κ3) is 5.28. The van der Waals surface area contributed by atoms with Crippen LogP contribution in [0.2, 0.25) is 0 Å². The van der Waals surface area contributed by atoms with Gasteiger partial charge in [-0.2, -0.15) is 4.98 Å². The summed E-state index contributed by atoms with van der Waals surface area (Å²) in [5.41, 5.74) is 6.02. The van der Waals surface area contributed by atoms with Gasteiger partial charge in [-0.05, 0) is 18.6 Å². The topological polar surface area (TPSA) is 143 Å². The second-order valence-corrected chi connectivity index (χ2v) is 5.36. The highest BCUT2D eigenvalue weighted by Crippen LogP contribution is 2.24. The van der Waals surface area contributed by atoms with E-state index in [1.54, 1.807) is 12.1 Å². The number of carbonyl (C=O) groups is 1. The smallest absolute Gasteiger partial charge is 0.354 e. The van der Waals surface area contributed by atoms with Crippen molar-refractivity contribution in [1.29, 1.82) is 0 Å². The molecular weight excluding hydrogens is 326 g/mol. The summed E-state index contributed by atoms with van der Waals surface area (Å²) in [5, 5.41) is 21.5. The Bertz CT molecular complexity index is 725. The lowest BCUT2D eigenvalue weighted by molar-refractivity contribution is 0.0690. The van der Waals surface area contributed by atoms with Crippen molar-refractivity contribution < 1.29 is 19.7 Å². The molecule has 2 rings (SSSR count). The third-order valence-corrected chi connectivity index (χ3v) is 3.37. The van der Waals surface area contributed by atoms with Gasteiger partial charge in [0.1, 0.15) is 12.3 Å². The maximum absolute atomic E-state index is 11.0. The van der Waals surface area contributed by atoms with Gasteiger partial charge in [0.15, 0.2) is 11.6 Å². The van der Waals surface area contributed by atoms with Gasteiger partial charge in [-0.25, -0.2) is 14.8 Å². The van der Waals surface area contributed by atoms with Crippen molar-refractivity contribution in [1.82, 2.24) is 15.0 Å². The molecule has 134 valence electrons. The lowest BCUT2D eigenvalue weighted by atomic mass is 10.2. The molecule has 2 heterocycles. The Kier molecular flexibility index (Phi) is 6.47. The number of carboxylic acids is 1. The number of hydrogen-bond acceptors (Lipinski definition) is 8. The summed E-state index contributed by atoms with van der Waals surface area (Å²) in [6, 6.07) is 4.47. The fraction of sp³-hybridized carbons (Fsp3) is 0.375. The maximum atomic E-state index is 11.0. The molecule has 0 saturated heterocycles. The van der Waals surface area contributed by atoms with Gasteiger partial charge in [-0.15, -0.1) is 0 Å². The van der Waals surface area contributed by atoms with Crippen molar-refractivity contribution in [3.63, 3.8) is 0 Å². The number of hydrogen-bond donors (Lipinski definition) is 4. The van der Waals surface area contributed by atoms with Crippen LogP contribution in [0.25, 0.3) is 0 Å². The van der Waals surface area contributed by atoms with Gasteiger partial charge in [0.05, 0.1) is 24.5 Å². The van der Waals surface area contributed by atoms with Gasteiger partial charge in [-0.3, -0.25) is 0 Å². The van der Waals surface area contributed by atoms with Crippen molar-refractivity contribution in [3.8, 4) is 5.75 Å². The van der Waals surface area contributed by atoms with Crippen molar-refractivity contribution in [2.45, 2.75) is 32.4 Å². The van der Waals surface area contributed by atoms with Crippen LogP contribution in [0.4, 0.5) is 11.8 Å². The third-order valence-electron chi connectivity index (χ3n) is 3.37. The number of aliphatic hydroxyl groups excluding tert-OH is 1. The van der Waals surface area contributed by atoms with E-state index in [4.69, 9.17) is 15.6 Å². The average Bonchev–Trinajstić information content (AvgIpc) is 2.60. The van der Waals surface area contributed by atoms with Crippen LogP contribution in [0.5, 0.6) is 5.75 Å². The Morgan fingerprint density at radius 2 is 2.20 bits per heavy atom. The number of rotatable bonds is 9. The van der Waals surface area contributed by atoms with E-state index in [0.29, 0.717) is 17.3 Å². The van der Waals surface area contributed by atoms with Gasteiger partial charge < -0.3 is 26.0 Å². The lowest BCUT2D eigenvalue weighted by Crippen LogP contribution is -2.24. The van der Waals surface area contributed by atoms with E-state index in [9.17, 15) is 9.90 Å². The Morgan fingerprint density at radius 3 is 2.88 bits per heavy atom. The number of nitrogens with one attached hydrogen (secondary N) is 1. The van der Waals surface area contributed by atoms with Gasteiger partial charge >= 0.3 is 5.97 Å². The minimum absolute atomic E-state index is 0.0423. The van der Waals surface area contributed by atoms with Crippen LogP contribution in [0.15, 0.2) is 24.4 Å². The van der Waals surface area contributed by atoms with Crippen molar-refractivity contribution >= 4 is 17.7 Å². The van der Waals surface area contributed by atoms with E-state index >= 15 is 0 Å². The van der Waals surface area contributed by atoms with E-state index in [1.807, 2.05) is 6.92 Å². The average molecular weight is 347 g/mol. The van der Waals surface area contributed by atoms with Crippen LogP contribution in [0.1, 0.15) is 35.9 Å². The standard InChI is InChI=1S/C16H21N5O4/c1-2-4-10(8-22)20-14-13(7-18-16(17)21-14)25-9-11-5-3-6-12(19-11)15(23)24/h3,5-7,10,22H,2,4,8-9H2,1H3,(H,23,24)(H3,17,18,20,21)/t10-/m0/s1. The predicted octanol–water partition coefficient (Wildman–Crippen LogP) is 1.30. The van der Waals surface area contributed by atoms with Crippen LogP contribution in [-0.4, -0.2) is 43.8 Å². The number of anilines is 2. The van der Waals surface area contributed by atoms with Gasteiger partial charge in [0.25, 0.3) is 0 Å². The highest BCUT2D eigenvalue weighted by molar-refractivity contribution is 5.85. The molecular formula is C16H21N5O4. The van der Waals surface area contributed by atoms with E-state index in [-0.39, 0.29) is 30.9 Å². The Morgan fingerprint density at radius 1 is 1.40 bits per heavy atom. The summed E-state index contributed by atoms with van der Waals surface area (Å²) in [4.78, 5) is 23.0. The quantitative estimate of drug-likeness (QED) is 0.527. The fourth-order valence-corrected chi connectivity index (χ4v) is 2.18. The molecule has 0 fully saturated rings. The van der Waals surface area contributed by atoms with Crippen molar-refractivity contribution in [3.05, 3.63) is 35.8 Å². The van der Waals surface area contributed by atoms with E-state index < -0.39 is 5.97 Å². The van der Waals surface area contributed by atoms with Crippen molar-refractivity contribution in [2.75, 3.05) is 17.7 Å². The molecule has 2 aromatic rings. The van der Waals surface area contributed by atoms with Gasteiger partial charge in [0, 0.05) is 0 Å². The van der Waals surface area contributed by atoms with Crippen LogP contribution in [0.3, 0.4) is 0 Å². The number of aliphatic hydroxyl groups is 1. The summed E-state index contributed by atoms with van der Waals surface area (Å²) in [6.45, 7) is 2.00. The molecule has 0 spiro atoms. The first-order chi connectivity index (χ1) is 12.0. The summed E-state index contributed by atoms with van der Waals surface area (Å²) >= 11 is 0. The van der Waals surface area contributed by atoms with E-state index in [0.717, 1.165) is 12.8 Å². The molecule has 25 heavy (non-hydrogen) atoms. The van der Waals surface area contributed by atoms with Gasteiger partial charge in [0.2, 0.25) is 5.95 Å². The number of nitrogens with two attached hydrogens (primary N) is 1. The molecule has 0 bridgehead atoms. The van der Waals surface area contributed by atoms with E-state index in [2.05, 4.69) is 20.3 Å². The van der Waals surface area contributed by atoms with Crippen molar-refractivity contribution in [2.24, 2.45) is 0 Å². The minimum atomic E-state index is -1.11. The summed E-state index contributed by atoms with van der Waals surface area (Å²) in [6.07, 6.45) is 3.06. The Labute approximate surface area is 144 Å². The number of carboxylic acid groups (broad SMARTS) is 1. The molecule has 0 amide bonds. The Balaban J connectivity index is 2.13. The fourth-order valence-electron chi connectivity index (χ4n) is 2.18. The number of nitrogen functional groups attached to an aromatic ring is 1. The zero-order valence-corrected chi connectivity index (χ0v) is 13.8. The van der Waals surface area contributed by atoms with E-state index in [1.165, 1.54) is 12.3 Å². The largest absolute Gasteiger partial charge is 0.482 e. The summed E-state index contributed by atoms with van der Waals surface area (Å²) < 4.78 is 5.66. The first kappa shape index (κ1) is 18.4. The zero-order valence-electron chi connectivity index (χ0n) is 13.8. The molecule has 0 aromatic carbocycles. The molecule has 2 aromatic heterocycles. The highest BCUT2D eigenvalue weighted by atomic mass is 16.5. The molecule has 0 aliphatic carbocycles. The molecule has 9 heteroatoms. The molecule has 9 nitrogen and oxygen atoms in total. The second kappa shape index (κ2) is 8.78. The van der Waals surface area contributed by atoms with Crippen LogP contribution < -0.4 is 15.8 Å². The highest BCUT2D eigenvalue weighted by Gasteiger charge is 2.14. The maximum Gasteiger partial charge on any atom is 0.354 e. The number of aromatic nitrogens is 3. The molecule has 0 saturated carbocycles. The molecule has 0 radical (unpaired) electrons. The predicted molar refractivity (Wildman–Crippen MR) is 91.4 cm³/mol.